The zero-order valence-electron chi connectivity index (χ0n) is 22.3. The van der Waals surface area contributed by atoms with Gasteiger partial charge in [-0.05, 0) is 76.0 Å². The van der Waals surface area contributed by atoms with E-state index in [2.05, 4.69) is 36.6 Å². The van der Waals surface area contributed by atoms with Gasteiger partial charge in [-0.25, -0.2) is 13.2 Å². The fourth-order valence-electron chi connectivity index (χ4n) is 2.98. The van der Waals surface area contributed by atoms with Crippen molar-refractivity contribution in [1.29, 1.82) is 0 Å². The van der Waals surface area contributed by atoms with Gasteiger partial charge in [-0.1, -0.05) is 31.9 Å². The quantitative estimate of drug-likeness (QED) is 0.103. The number of carbonyl (C=O) groups is 3. The van der Waals surface area contributed by atoms with Gasteiger partial charge in [0.15, 0.2) is 12.0 Å². The Morgan fingerprint density at radius 3 is 1.82 bits per heavy atom. The Kier molecular flexibility index (Phi) is 14.7. The van der Waals surface area contributed by atoms with E-state index in [9.17, 15) is 27.6 Å². The first kappa shape index (κ1) is 34.6. The molecular weight excluding hydrogens is 665 g/mol. The van der Waals surface area contributed by atoms with Crippen LogP contribution in [0.2, 0.25) is 19.6 Å². The Balaban J connectivity index is 0.000000395. The van der Waals surface area contributed by atoms with Crippen LogP contribution in [-0.4, -0.2) is 45.4 Å². The molecule has 0 amide bonds. The molecule has 0 saturated carbocycles. The molecule has 2 rings (SSSR count). The van der Waals surface area contributed by atoms with E-state index in [-0.39, 0.29) is 30.4 Å². The number of halogens is 5. The number of esters is 2. The van der Waals surface area contributed by atoms with Crippen LogP contribution in [0.5, 0.6) is 0 Å². The van der Waals surface area contributed by atoms with Crippen molar-refractivity contribution in [3.05, 3.63) is 74.2 Å². The molecule has 0 fully saturated rings. The summed E-state index contributed by atoms with van der Waals surface area (Å²) in [7, 11) is -1.89. The van der Waals surface area contributed by atoms with Crippen LogP contribution in [0.25, 0.3) is 5.76 Å². The fraction of sp³-hybridized carbons (Fsp3) is 0.370. The van der Waals surface area contributed by atoms with E-state index >= 15 is 0 Å². The third-order valence-electron chi connectivity index (χ3n) is 4.41. The van der Waals surface area contributed by atoms with Gasteiger partial charge < -0.3 is 13.9 Å². The molecular formula is C27H31Br2F3O6Si. The lowest BCUT2D eigenvalue weighted by molar-refractivity contribution is -0.144. The number of hydrogen-bond donors (Lipinski definition) is 0. The van der Waals surface area contributed by atoms with E-state index in [0.29, 0.717) is 26.9 Å². The summed E-state index contributed by atoms with van der Waals surface area (Å²) >= 11 is 6.26. The Morgan fingerprint density at radius 2 is 1.33 bits per heavy atom. The third-order valence-corrected chi connectivity index (χ3v) is 6.15. The molecule has 12 heteroatoms. The van der Waals surface area contributed by atoms with Gasteiger partial charge in [0, 0.05) is 20.1 Å². The lowest BCUT2D eigenvalue weighted by Gasteiger charge is -2.22. The highest BCUT2D eigenvalue weighted by Gasteiger charge is 2.24. The molecule has 0 spiro atoms. The molecule has 0 saturated heterocycles. The molecule has 0 radical (unpaired) electrons. The molecule has 0 N–H and O–H groups in total. The summed E-state index contributed by atoms with van der Waals surface area (Å²) in [6.07, 6.45) is -0.946. The molecule has 2 aromatic carbocycles. The zero-order chi connectivity index (χ0) is 29.8. The number of alkyl halides is 1. The lowest BCUT2D eigenvalue weighted by atomic mass is 10.1. The summed E-state index contributed by atoms with van der Waals surface area (Å²) in [5, 5.41) is 0. The Labute approximate surface area is 244 Å². The Morgan fingerprint density at radius 1 is 0.846 bits per heavy atom. The van der Waals surface area contributed by atoms with Gasteiger partial charge in [0.2, 0.25) is 8.32 Å². The normalized spacial score (nSPS) is 12.1. The molecule has 0 heterocycles. The third kappa shape index (κ3) is 14.0. The Bertz CT molecular complexity index is 1140. The molecule has 1 unspecified atom stereocenters. The average Bonchev–Trinajstić information content (AvgIpc) is 2.80. The van der Waals surface area contributed by atoms with E-state index in [1.165, 1.54) is 18.2 Å². The average molecular weight is 696 g/mol. The van der Waals surface area contributed by atoms with Crippen LogP contribution < -0.4 is 0 Å². The number of Topliss-reactive ketones (excluding diaryl/α,β-unsaturated/α-hetero) is 1. The van der Waals surface area contributed by atoms with E-state index in [4.69, 9.17) is 9.16 Å². The number of ether oxygens (including phenoxy) is 2. The van der Waals surface area contributed by atoms with Gasteiger partial charge in [-0.2, -0.15) is 0 Å². The number of ketones is 1. The summed E-state index contributed by atoms with van der Waals surface area (Å²) in [5.74, 6) is -2.57. The van der Waals surface area contributed by atoms with Crippen LogP contribution in [-0.2, 0) is 23.5 Å². The molecule has 0 bridgehead atoms. The summed E-state index contributed by atoms with van der Waals surface area (Å²) in [6.45, 7) is 9.87. The lowest BCUT2D eigenvalue weighted by Crippen LogP contribution is -2.24. The number of hydrogen-bond acceptors (Lipinski definition) is 6. The second kappa shape index (κ2) is 16.6. The first-order valence-electron chi connectivity index (χ1n) is 12.0. The van der Waals surface area contributed by atoms with E-state index in [1.807, 2.05) is 19.6 Å². The summed E-state index contributed by atoms with van der Waals surface area (Å²) in [5.41, 5.74) is 0.479. The SMILES string of the molecule is CCOC(=O)C/C=C(\O[Si](C)(C)C)c1cc(F)cc(Br)c1.CCOC(=O)CC(F)C(=O)c1cc(F)cc(Br)c1. The molecule has 39 heavy (non-hydrogen) atoms. The monoisotopic (exact) mass is 694 g/mol. The maximum absolute atomic E-state index is 13.5. The van der Waals surface area contributed by atoms with Crippen molar-refractivity contribution in [2.45, 2.75) is 52.5 Å². The second-order valence-corrected chi connectivity index (χ2v) is 15.2. The number of rotatable bonds is 11. The van der Waals surface area contributed by atoms with Crippen molar-refractivity contribution in [1.82, 2.24) is 0 Å². The van der Waals surface area contributed by atoms with E-state index in [1.54, 1.807) is 26.0 Å². The Hall–Kier alpha value is -2.44. The molecule has 0 aliphatic carbocycles. The number of carbonyl (C=O) groups excluding carboxylic acids is 3. The zero-order valence-corrected chi connectivity index (χ0v) is 26.5. The van der Waals surface area contributed by atoms with Crippen molar-refractivity contribution in [2.75, 3.05) is 13.2 Å². The van der Waals surface area contributed by atoms with Crippen molar-refractivity contribution in [2.24, 2.45) is 0 Å². The van der Waals surface area contributed by atoms with Gasteiger partial charge in [-0.3, -0.25) is 14.4 Å². The molecule has 0 aromatic heterocycles. The van der Waals surface area contributed by atoms with Crippen LogP contribution in [0.15, 0.2) is 51.4 Å². The van der Waals surface area contributed by atoms with Crippen LogP contribution in [0.4, 0.5) is 13.2 Å². The fourth-order valence-corrected chi connectivity index (χ4v) is 4.77. The predicted molar refractivity (Wildman–Crippen MR) is 152 cm³/mol. The molecule has 0 aliphatic heterocycles. The van der Waals surface area contributed by atoms with E-state index < -0.39 is 38.5 Å². The van der Waals surface area contributed by atoms with Gasteiger partial charge in [0.05, 0.1) is 26.1 Å². The van der Waals surface area contributed by atoms with Gasteiger partial charge in [0.1, 0.15) is 17.4 Å². The molecule has 6 nitrogen and oxygen atoms in total. The van der Waals surface area contributed by atoms with Crippen molar-refractivity contribution in [3.63, 3.8) is 0 Å². The standard InChI is InChI=1S/C15H20BrFO3Si.C12H11BrF2O3/c1-5-19-15(18)7-6-14(20-21(2,3)4)11-8-12(16)10-13(17)9-11;1-2-18-11(16)6-10(15)12(17)7-3-8(13)5-9(14)4-7/h6,8-10H,5,7H2,1-4H3;3-5,10H,2,6H2,1H3/b14-6-;. The predicted octanol–water partition coefficient (Wildman–Crippen LogP) is 7.80. The first-order chi connectivity index (χ1) is 18.1. The molecule has 1 atom stereocenters. The maximum Gasteiger partial charge on any atom is 0.309 e. The van der Waals surface area contributed by atoms with Crippen molar-refractivity contribution in [3.8, 4) is 0 Å². The van der Waals surface area contributed by atoms with Gasteiger partial charge in [0.25, 0.3) is 0 Å². The minimum atomic E-state index is -2.03. The summed E-state index contributed by atoms with van der Waals surface area (Å²) < 4.78 is 56.5. The minimum Gasteiger partial charge on any atom is -0.544 e. The van der Waals surface area contributed by atoms with Crippen molar-refractivity contribution < 1.29 is 41.5 Å². The van der Waals surface area contributed by atoms with E-state index in [0.717, 1.165) is 12.1 Å². The van der Waals surface area contributed by atoms with Gasteiger partial charge in [-0.15, -0.1) is 0 Å². The molecule has 214 valence electrons. The number of benzene rings is 2. The second-order valence-electron chi connectivity index (χ2n) is 8.95. The van der Waals surface area contributed by atoms with Crippen molar-refractivity contribution >= 4 is 63.7 Å². The highest BCUT2D eigenvalue weighted by molar-refractivity contribution is 9.10. The molecule has 2 aromatic rings. The molecule has 0 aliphatic rings. The highest BCUT2D eigenvalue weighted by Crippen LogP contribution is 2.26. The summed E-state index contributed by atoms with van der Waals surface area (Å²) in [4.78, 5) is 34.1. The first-order valence-corrected chi connectivity index (χ1v) is 17.0. The minimum absolute atomic E-state index is 0.0990. The summed E-state index contributed by atoms with van der Waals surface area (Å²) in [6, 6.07) is 7.90. The van der Waals surface area contributed by atoms with Crippen LogP contribution >= 0.6 is 31.9 Å². The van der Waals surface area contributed by atoms with Gasteiger partial charge >= 0.3 is 11.9 Å². The highest BCUT2D eigenvalue weighted by atomic mass is 79.9. The van der Waals surface area contributed by atoms with Crippen LogP contribution in [0, 0.1) is 11.6 Å². The maximum atomic E-state index is 13.5. The smallest absolute Gasteiger partial charge is 0.309 e. The van der Waals surface area contributed by atoms with Crippen LogP contribution in [0.3, 0.4) is 0 Å². The van der Waals surface area contributed by atoms with Crippen LogP contribution in [0.1, 0.15) is 42.6 Å². The topological polar surface area (TPSA) is 78.9 Å². The largest absolute Gasteiger partial charge is 0.544 e.